The lowest BCUT2D eigenvalue weighted by atomic mass is 10.1. The molecule has 0 fully saturated rings. The number of anilines is 1. The van der Waals surface area contributed by atoms with Crippen molar-refractivity contribution in [3.63, 3.8) is 0 Å². The second kappa shape index (κ2) is 3.81. The van der Waals surface area contributed by atoms with Crippen LogP contribution >= 0.6 is 0 Å². The lowest BCUT2D eigenvalue weighted by Gasteiger charge is -2.12. The second-order valence-corrected chi connectivity index (χ2v) is 4.22. The van der Waals surface area contributed by atoms with E-state index in [0.717, 1.165) is 17.6 Å². The highest BCUT2D eigenvalue weighted by Crippen LogP contribution is 2.29. The van der Waals surface area contributed by atoms with Gasteiger partial charge in [0, 0.05) is 12.5 Å². The van der Waals surface area contributed by atoms with Crippen LogP contribution in [0.5, 0.6) is 0 Å². The van der Waals surface area contributed by atoms with E-state index >= 15 is 0 Å². The van der Waals surface area contributed by atoms with Crippen LogP contribution in [0.3, 0.4) is 0 Å². The zero-order valence-corrected chi connectivity index (χ0v) is 9.19. The van der Waals surface area contributed by atoms with Gasteiger partial charge in [0.2, 0.25) is 5.95 Å². The first-order chi connectivity index (χ1) is 8.28. The molecule has 2 aromatic rings. The predicted octanol–water partition coefficient (Wildman–Crippen LogP) is 0.518. The Bertz CT molecular complexity index is 576. The number of allylic oxidation sites excluding steroid dienone is 1. The van der Waals surface area contributed by atoms with E-state index in [1.165, 1.54) is 0 Å². The minimum atomic E-state index is 0.177. The Hall–Kier alpha value is -1.95. The Kier molecular flexibility index (Phi) is 2.29. The van der Waals surface area contributed by atoms with Gasteiger partial charge >= 0.3 is 0 Å². The number of nitrogen functional groups attached to an aromatic ring is 1. The predicted molar refractivity (Wildman–Crippen MR) is 63.1 cm³/mol. The van der Waals surface area contributed by atoms with E-state index in [4.69, 9.17) is 10.8 Å². The van der Waals surface area contributed by atoms with Gasteiger partial charge in [0.25, 0.3) is 0 Å². The van der Waals surface area contributed by atoms with E-state index in [1.54, 1.807) is 12.5 Å². The number of aliphatic hydroxyl groups is 1. The number of rotatable bonds is 2. The highest BCUT2D eigenvalue weighted by Gasteiger charge is 2.21. The smallest absolute Gasteiger partial charge is 0.222 e. The number of nitrogens with two attached hydrogens (primary N) is 1. The normalized spacial score (nSPS) is 23.6. The second-order valence-electron chi connectivity index (χ2n) is 4.22. The standard InChI is InChI=1S/C11H13N5O/c12-11-13-4-9-10(15-11)16(6-14-9)8-2-1-7(3-8)5-17/h1-2,4,6-8,17H,3,5H2,(H2,12,13,15)/t7-,8+/m1/s1. The van der Waals surface area contributed by atoms with Gasteiger partial charge in [-0.2, -0.15) is 4.98 Å². The molecule has 0 aromatic carbocycles. The number of fused-ring (bicyclic) bond motifs is 1. The molecule has 0 radical (unpaired) electrons. The Morgan fingerprint density at radius 3 is 3.06 bits per heavy atom. The van der Waals surface area contributed by atoms with Crippen LogP contribution in [0, 0.1) is 5.92 Å². The lowest BCUT2D eigenvalue weighted by molar-refractivity contribution is 0.244. The first-order valence-electron chi connectivity index (χ1n) is 5.52. The largest absolute Gasteiger partial charge is 0.396 e. The zero-order valence-electron chi connectivity index (χ0n) is 9.19. The minimum absolute atomic E-state index is 0.177. The summed E-state index contributed by atoms with van der Waals surface area (Å²) in [5, 5.41) is 9.12. The monoisotopic (exact) mass is 231 g/mol. The zero-order chi connectivity index (χ0) is 11.8. The Balaban J connectivity index is 2.01. The van der Waals surface area contributed by atoms with Crippen molar-refractivity contribution in [3.05, 3.63) is 24.7 Å². The van der Waals surface area contributed by atoms with E-state index in [1.807, 2.05) is 10.6 Å². The average molecular weight is 231 g/mol. The van der Waals surface area contributed by atoms with Crippen LogP contribution in [0.2, 0.25) is 0 Å². The minimum Gasteiger partial charge on any atom is -0.396 e. The number of imidazole rings is 1. The van der Waals surface area contributed by atoms with Gasteiger partial charge in [-0.1, -0.05) is 12.2 Å². The molecule has 2 aromatic heterocycles. The van der Waals surface area contributed by atoms with Crippen LogP contribution in [0.1, 0.15) is 12.5 Å². The first kappa shape index (κ1) is 10.2. The van der Waals surface area contributed by atoms with Crippen molar-refractivity contribution in [1.29, 1.82) is 0 Å². The molecule has 0 spiro atoms. The fraction of sp³-hybridized carbons (Fsp3) is 0.364. The van der Waals surface area contributed by atoms with Gasteiger partial charge in [0.05, 0.1) is 18.6 Å². The summed E-state index contributed by atoms with van der Waals surface area (Å²) in [5.41, 5.74) is 7.06. The molecular weight excluding hydrogens is 218 g/mol. The maximum Gasteiger partial charge on any atom is 0.222 e. The third-order valence-corrected chi connectivity index (χ3v) is 3.08. The fourth-order valence-corrected chi connectivity index (χ4v) is 2.18. The van der Waals surface area contributed by atoms with Crippen LogP contribution in [-0.2, 0) is 0 Å². The third-order valence-electron chi connectivity index (χ3n) is 3.08. The number of aliphatic hydroxyl groups excluding tert-OH is 1. The van der Waals surface area contributed by atoms with Gasteiger partial charge in [-0.25, -0.2) is 9.97 Å². The topological polar surface area (TPSA) is 89.8 Å². The van der Waals surface area contributed by atoms with E-state index in [9.17, 15) is 0 Å². The maximum absolute atomic E-state index is 9.12. The van der Waals surface area contributed by atoms with E-state index < -0.39 is 0 Å². The van der Waals surface area contributed by atoms with E-state index in [2.05, 4.69) is 21.0 Å². The summed E-state index contributed by atoms with van der Waals surface area (Å²) in [6.45, 7) is 0.177. The number of nitrogens with zero attached hydrogens (tertiary/aromatic N) is 4. The summed E-state index contributed by atoms with van der Waals surface area (Å²) in [6.07, 6.45) is 8.33. The van der Waals surface area contributed by atoms with Crippen molar-refractivity contribution in [2.45, 2.75) is 12.5 Å². The van der Waals surface area contributed by atoms with Crippen LogP contribution in [0.25, 0.3) is 11.2 Å². The summed E-state index contributed by atoms with van der Waals surface area (Å²) in [4.78, 5) is 12.4. The third kappa shape index (κ3) is 1.66. The van der Waals surface area contributed by atoms with Gasteiger partial charge in [-0.15, -0.1) is 0 Å². The van der Waals surface area contributed by atoms with Gasteiger partial charge in [-0.3, -0.25) is 0 Å². The van der Waals surface area contributed by atoms with Crippen molar-refractivity contribution in [2.75, 3.05) is 12.3 Å². The maximum atomic E-state index is 9.12. The van der Waals surface area contributed by atoms with Crippen LogP contribution in [0.15, 0.2) is 24.7 Å². The lowest BCUT2D eigenvalue weighted by Crippen LogP contribution is -2.08. The number of hydrogen-bond donors (Lipinski definition) is 2. The molecule has 1 aliphatic carbocycles. The quantitative estimate of drug-likeness (QED) is 0.735. The van der Waals surface area contributed by atoms with Crippen molar-refractivity contribution in [1.82, 2.24) is 19.5 Å². The van der Waals surface area contributed by atoms with Crippen molar-refractivity contribution >= 4 is 17.1 Å². The van der Waals surface area contributed by atoms with E-state index in [0.29, 0.717) is 0 Å². The molecule has 0 bridgehead atoms. The van der Waals surface area contributed by atoms with Crippen molar-refractivity contribution < 1.29 is 5.11 Å². The van der Waals surface area contributed by atoms with Gasteiger partial charge in [0.1, 0.15) is 5.52 Å². The first-order valence-corrected chi connectivity index (χ1v) is 5.52. The molecule has 0 amide bonds. The summed E-state index contributed by atoms with van der Waals surface area (Å²) in [7, 11) is 0. The Morgan fingerprint density at radius 1 is 1.41 bits per heavy atom. The molecule has 0 aliphatic heterocycles. The Labute approximate surface area is 97.8 Å². The van der Waals surface area contributed by atoms with Crippen LogP contribution in [0.4, 0.5) is 5.95 Å². The van der Waals surface area contributed by atoms with Gasteiger partial charge < -0.3 is 15.4 Å². The summed E-state index contributed by atoms with van der Waals surface area (Å²) < 4.78 is 1.97. The Morgan fingerprint density at radius 2 is 2.29 bits per heavy atom. The molecule has 0 saturated carbocycles. The molecule has 3 rings (SSSR count). The molecule has 0 unspecified atom stereocenters. The highest BCUT2D eigenvalue weighted by molar-refractivity contribution is 5.70. The van der Waals surface area contributed by atoms with Crippen LogP contribution < -0.4 is 5.73 Å². The average Bonchev–Trinajstić information content (AvgIpc) is 2.93. The fourth-order valence-electron chi connectivity index (χ4n) is 2.18. The molecule has 88 valence electrons. The molecule has 0 saturated heterocycles. The SMILES string of the molecule is Nc1ncc2ncn([C@H]3C=C[C@@H](CO)C3)c2n1. The molecular formula is C11H13N5O. The molecule has 2 heterocycles. The van der Waals surface area contributed by atoms with Gasteiger partial charge in [0.15, 0.2) is 5.65 Å². The highest BCUT2D eigenvalue weighted by atomic mass is 16.3. The summed E-state index contributed by atoms with van der Waals surface area (Å²) in [6, 6.07) is 0.187. The van der Waals surface area contributed by atoms with Crippen molar-refractivity contribution in [3.8, 4) is 0 Å². The molecule has 2 atom stereocenters. The molecule has 6 nitrogen and oxygen atoms in total. The van der Waals surface area contributed by atoms with E-state index in [-0.39, 0.29) is 24.5 Å². The summed E-state index contributed by atoms with van der Waals surface area (Å²) in [5.74, 6) is 0.469. The number of aromatic nitrogens is 4. The molecule has 6 heteroatoms. The molecule has 1 aliphatic rings. The van der Waals surface area contributed by atoms with Crippen LogP contribution in [-0.4, -0.2) is 31.2 Å². The van der Waals surface area contributed by atoms with Gasteiger partial charge in [-0.05, 0) is 6.42 Å². The number of hydrogen-bond acceptors (Lipinski definition) is 5. The summed E-state index contributed by atoms with van der Waals surface area (Å²) >= 11 is 0. The molecule has 3 N–H and O–H groups in total. The molecule has 17 heavy (non-hydrogen) atoms. The van der Waals surface area contributed by atoms with Crippen molar-refractivity contribution in [2.24, 2.45) is 5.92 Å².